The van der Waals surface area contributed by atoms with E-state index in [1.165, 1.54) is 47.6 Å². The zero-order valence-corrected chi connectivity index (χ0v) is 20.5. The number of benzene rings is 2. The number of amides is 1. The van der Waals surface area contributed by atoms with Crippen molar-refractivity contribution in [1.82, 2.24) is 4.31 Å². The van der Waals surface area contributed by atoms with Gasteiger partial charge >= 0.3 is 5.97 Å². The predicted octanol–water partition coefficient (Wildman–Crippen LogP) is 2.20. The summed E-state index contributed by atoms with van der Waals surface area (Å²) in [6.07, 6.45) is -1.27. The fourth-order valence-electron chi connectivity index (χ4n) is 2.78. The number of hydrogen-bond donors (Lipinski definition) is 2. The van der Waals surface area contributed by atoms with Crippen molar-refractivity contribution >= 4 is 49.2 Å². The number of ether oxygens (including phenoxy) is 1. The lowest BCUT2D eigenvalue weighted by Gasteiger charge is -2.19. The lowest BCUT2D eigenvalue weighted by molar-refractivity contribution is -0.123. The number of halogens is 1. The van der Waals surface area contributed by atoms with Crippen LogP contribution < -0.4 is 10.5 Å². The Labute approximate surface area is 197 Å². The van der Waals surface area contributed by atoms with Crippen molar-refractivity contribution < 1.29 is 31.2 Å². The lowest BCUT2D eigenvalue weighted by atomic mass is 10.2. The molecule has 0 aromatic heterocycles. The van der Waals surface area contributed by atoms with Crippen LogP contribution in [-0.4, -0.2) is 52.2 Å². The highest BCUT2D eigenvalue weighted by Gasteiger charge is 2.26. The fourth-order valence-corrected chi connectivity index (χ4v) is 4.98. The van der Waals surface area contributed by atoms with E-state index in [1.807, 2.05) is 0 Å². The van der Waals surface area contributed by atoms with Crippen LogP contribution in [0.4, 0.5) is 5.69 Å². The standard InChI is InChI=1S/C20H24ClN3O7S2/c1-4-24(5-2)33(29,30)16-10-11-18(21)17(12-16)20(26)31-13(3)19(25)23-14-6-8-15(9-7-14)32(22,27)28/h6-13H,4-5H2,1-3H3,(H,23,25)(H2,22,27,28). The molecule has 0 aliphatic heterocycles. The number of rotatable bonds is 9. The topological polar surface area (TPSA) is 153 Å². The summed E-state index contributed by atoms with van der Waals surface area (Å²) in [6.45, 7) is 5.19. The van der Waals surface area contributed by atoms with E-state index < -0.39 is 38.0 Å². The summed E-state index contributed by atoms with van der Waals surface area (Å²) in [5.41, 5.74) is 0.0442. The average molecular weight is 518 g/mol. The van der Waals surface area contributed by atoms with Crippen molar-refractivity contribution in [3.05, 3.63) is 53.1 Å². The molecular formula is C20H24ClN3O7S2. The number of nitrogens with zero attached hydrogens (tertiary/aromatic N) is 1. The van der Waals surface area contributed by atoms with Gasteiger partial charge in [-0.05, 0) is 49.4 Å². The molecule has 1 atom stereocenters. The van der Waals surface area contributed by atoms with Crippen molar-refractivity contribution in [2.24, 2.45) is 5.14 Å². The monoisotopic (exact) mass is 517 g/mol. The molecule has 0 heterocycles. The molecule has 0 aliphatic carbocycles. The number of nitrogens with one attached hydrogen (secondary N) is 1. The Balaban J connectivity index is 2.16. The van der Waals surface area contributed by atoms with Crippen molar-refractivity contribution in [2.75, 3.05) is 18.4 Å². The molecule has 33 heavy (non-hydrogen) atoms. The van der Waals surface area contributed by atoms with E-state index >= 15 is 0 Å². The molecule has 3 N–H and O–H groups in total. The van der Waals surface area contributed by atoms with Crippen LogP contribution in [0, 0.1) is 0 Å². The number of carbonyl (C=O) groups excluding carboxylic acids is 2. The summed E-state index contributed by atoms with van der Waals surface area (Å²) in [5.74, 6) is -1.68. The first kappa shape index (κ1) is 26.7. The van der Waals surface area contributed by atoms with Gasteiger partial charge in [0.15, 0.2) is 6.10 Å². The Morgan fingerprint density at radius 1 is 1.03 bits per heavy atom. The smallest absolute Gasteiger partial charge is 0.340 e. The Hall–Kier alpha value is -2.51. The van der Waals surface area contributed by atoms with Crippen LogP contribution in [0.2, 0.25) is 5.02 Å². The summed E-state index contributed by atoms with van der Waals surface area (Å²) in [6, 6.07) is 8.73. The number of carbonyl (C=O) groups is 2. The van der Waals surface area contributed by atoms with E-state index in [0.29, 0.717) is 0 Å². The second kappa shape index (κ2) is 10.6. The summed E-state index contributed by atoms with van der Waals surface area (Å²) < 4.78 is 54.4. The third-order valence-electron chi connectivity index (χ3n) is 4.60. The van der Waals surface area contributed by atoms with Crippen LogP contribution in [0.3, 0.4) is 0 Å². The Bertz CT molecular complexity index is 1240. The van der Waals surface area contributed by atoms with Crippen LogP contribution in [0.5, 0.6) is 0 Å². The molecule has 10 nitrogen and oxygen atoms in total. The Morgan fingerprint density at radius 2 is 1.58 bits per heavy atom. The minimum atomic E-state index is -3.88. The van der Waals surface area contributed by atoms with Gasteiger partial charge in [0.1, 0.15) is 0 Å². The second-order valence-corrected chi connectivity index (χ2v) is 10.7. The first-order valence-electron chi connectivity index (χ1n) is 9.75. The highest BCUT2D eigenvalue weighted by Crippen LogP contribution is 2.24. The molecule has 0 spiro atoms. The van der Waals surface area contributed by atoms with Crippen LogP contribution in [0.1, 0.15) is 31.1 Å². The number of anilines is 1. The molecule has 13 heteroatoms. The SMILES string of the molecule is CCN(CC)S(=O)(=O)c1ccc(Cl)c(C(=O)OC(C)C(=O)Nc2ccc(S(N)(=O)=O)cc2)c1. The van der Waals surface area contributed by atoms with Gasteiger partial charge in [-0.3, -0.25) is 4.79 Å². The van der Waals surface area contributed by atoms with Crippen LogP contribution in [-0.2, 0) is 29.6 Å². The molecule has 2 rings (SSSR count). The molecule has 0 bridgehead atoms. The van der Waals surface area contributed by atoms with E-state index in [2.05, 4.69) is 5.32 Å². The van der Waals surface area contributed by atoms with Gasteiger partial charge in [-0.15, -0.1) is 0 Å². The predicted molar refractivity (Wildman–Crippen MR) is 123 cm³/mol. The molecule has 0 fully saturated rings. The molecule has 0 saturated carbocycles. The molecule has 1 unspecified atom stereocenters. The maximum Gasteiger partial charge on any atom is 0.340 e. The second-order valence-electron chi connectivity index (χ2n) is 6.84. The fraction of sp³-hybridized carbons (Fsp3) is 0.300. The minimum Gasteiger partial charge on any atom is -0.449 e. The average Bonchev–Trinajstić information content (AvgIpc) is 2.74. The number of esters is 1. The normalized spacial score (nSPS) is 12.9. The van der Waals surface area contributed by atoms with Gasteiger partial charge in [-0.2, -0.15) is 4.31 Å². The van der Waals surface area contributed by atoms with E-state index in [1.54, 1.807) is 13.8 Å². The summed E-state index contributed by atoms with van der Waals surface area (Å²) in [4.78, 5) is 24.7. The minimum absolute atomic E-state index is 0.0373. The Kier molecular flexibility index (Phi) is 8.60. The van der Waals surface area contributed by atoms with Crippen LogP contribution >= 0.6 is 11.6 Å². The maximum absolute atomic E-state index is 12.7. The van der Waals surface area contributed by atoms with Crippen molar-refractivity contribution in [3.8, 4) is 0 Å². The van der Waals surface area contributed by atoms with Gasteiger partial charge in [0.05, 0.1) is 20.4 Å². The number of sulfonamides is 2. The molecule has 2 aromatic carbocycles. The number of primary sulfonamides is 1. The third kappa shape index (κ3) is 6.51. The highest BCUT2D eigenvalue weighted by molar-refractivity contribution is 7.89. The molecule has 2 aromatic rings. The highest BCUT2D eigenvalue weighted by atomic mass is 35.5. The maximum atomic E-state index is 12.7. The largest absolute Gasteiger partial charge is 0.449 e. The molecular weight excluding hydrogens is 494 g/mol. The summed E-state index contributed by atoms with van der Waals surface area (Å²) in [7, 11) is -7.72. The zero-order valence-electron chi connectivity index (χ0n) is 18.1. The first-order valence-corrected chi connectivity index (χ1v) is 13.1. The summed E-state index contributed by atoms with van der Waals surface area (Å²) in [5, 5.41) is 7.46. The van der Waals surface area contributed by atoms with Gasteiger partial charge in [-0.1, -0.05) is 25.4 Å². The van der Waals surface area contributed by atoms with Crippen LogP contribution in [0.25, 0.3) is 0 Å². The number of nitrogens with two attached hydrogens (primary N) is 1. The van der Waals surface area contributed by atoms with E-state index in [4.69, 9.17) is 21.5 Å². The van der Waals surface area contributed by atoms with Crippen molar-refractivity contribution in [3.63, 3.8) is 0 Å². The van der Waals surface area contributed by atoms with Gasteiger partial charge in [0.2, 0.25) is 20.0 Å². The lowest BCUT2D eigenvalue weighted by Crippen LogP contribution is -2.31. The van der Waals surface area contributed by atoms with Crippen molar-refractivity contribution in [1.29, 1.82) is 0 Å². The first-order chi connectivity index (χ1) is 15.3. The Morgan fingerprint density at radius 3 is 2.09 bits per heavy atom. The molecule has 0 radical (unpaired) electrons. The number of hydrogen-bond acceptors (Lipinski definition) is 7. The van der Waals surface area contributed by atoms with E-state index in [-0.39, 0.29) is 39.2 Å². The molecule has 0 saturated heterocycles. The van der Waals surface area contributed by atoms with Gasteiger partial charge < -0.3 is 10.1 Å². The van der Waals surface area contributed by atoms with Gasteiger partial charge in [0.25, 0.3) is 5.91 Å². The van der Waals surface area contributed by atoms with Crippen molar-refractivity contribution in [2.45, 2.75) is 36.7 Å². The van der Waals surface area contributed by atoms with Gasteiger partial charge in [-0.25, -0.2) is 26.8 Å². The molecule has 180 valence electrons. The van der Waals surface area contributed by atoms with Crippen LogP contribution in [0.15, 0.2) is 52.3 Å². The quantitative estimate of drug-likeness (QED) is 0.483. The molecule has 0 aliphatic rings. The third-order valence-corrected chi connectivity index (χ3v) is 7.91. The zero-order chi connectivity index (χ0) is 25.0. The van der Waals surface area contributed by atoms with E-state index in [0.717, 1.165) is 6.07 Å². The molecule has 1 amide bonds. The van der Waals surface area contributed by atoms with Gasteiger partial charge in [0, 0.05) is 18.8 Å². The van der Waals surface area contributed by atoms with E-state index in [9.17, 15) is 26.4 Å². The summed E-state index contributed by atoms with van der Waals surface area (Å²) >= 11 is 6.06.